The first-order chi connectivity index (χ1) is 13.7. The molecule has 28 heavy (non-hydrogen) atoms. The van der Waals surface area contributed by atoms with Crippen LogP contribution in [0.25, 0.3) is 11.4 Å². The molecule has 1 amide bonds. The van der Waals surface area contributed by atoms with Crippen LogP contribution in [0.1, 0.15) is 35.0 Å². The van der Waals surface area contributed by atoms with Crippen molar-refractivity contribution in [2.24, 2.45) is 0 Å². The van der Waals surface area contributed by atoms with Gasteiger partial charge in [0.2, 0.25) is 11.7 Å². The third-order valence-electron chi connectivity index (χ3n) is 4.95. The summed E-state index contributed by atoms with van der Waals surface area (Å²) in [7, 11) is 1.63. The van der Waals surface area contributed by atoms with Gasteiger partial charge in [-0.25, -0.2) is 0 Å². The standard InChI is InChI=1S/C21H20ClN3O3/c1-27-16-10-8-14(9-11-16)19-23-20(28-24-19)15-5-4-12-25(13-15)21(26)17-6-2-3-7-18(17)22/h2-3,6-11,15H,4-5,12-13H2,1H3. The van der Waals surface area contributed by atoms with Gasteiger partial charge in [0.1, 0.15) is 5.75 Å². The van der Waals surface area contributed by atoms with Crippen LogP contribution in [0, 0.1) is 0 Å². The summed E-state index contributed by atoms with van der Waals surface area (Å²) >= 11 is 6.19. The smallest absolute Gasteiger partial charge is 0.255 e. The molecule has 2 aromatic carbocycles. The monoisotopic (exact) mass is 397 g/mol. The number of hydrogen-bond donors (Lipinski definition) is 0. The average molecular weight is 398 g/mol. The minimum absolute atomic E-state index is 0.0136. The van der Waals surface area contributed by atoms with Crippen LogP contribution in [0.2, 0.25) is 5.02 Å². The molecular weight excluding hydrogens is 378 g/mol. The summed E-state index contributed by atoms with van der Waals surface area (Å²) in [6, 6.07) is 14.6. The maximum Gasteiger partial charge on any atom is 0.255 e. The molecule has 1 atom stereocenters. The molecule has 0 saturated carbocycles. The van der Waals surface area contributed by atoms with Crippen LogP contribution in [-0.2, 0) is 0 Å². The summed E-state index contributed by atoms with van der Waals surface area (Å²) in [6.07, 6.45) is 1.78. The van der Waals surface area contributed by atoms with Crippen molar-refractivity contribution < 1.29 is 14.1 Å². The summed E-state index contributed by atoms with van der Waals surface area (Å²) in [4.78, 5) is 19.2. The number of methoxy groups -OCH3 is 1. The molecule has 1 unspecified atom stereocenters. The van der Waals surface area contributed by atoms with Gasteiger partial charge in [-0.05, 0) is 49.2 Å². The third kappa shape index (κ3) is 3.73. The van der Waals surface area contributed by atoms with E-state index >= 15 is 0 Å². The van der Waals surface area contributed by atoms with Crippen molar-refractivity contribution >= 4 is 17.5 Å². The first kappa shape index (κ1) is 18.5. The zero-order valence-corrected chi connectivity index (χ0v) is 16.2. The van der Waals surface area contributed by atoms with Crippen LogP contribution in [0.5, 0.6) is 5.75 Å². The molecule has 1 saturated heterocycles. The van der Waals surface area contributed by atoms with Gasteiger partial charge in [0.25, 0.3) is 5.91 Å². The van der Waals surface area contributed by atoms with E-state index in [0.29, 0.717) is 35.4 Å². The molecule has 6 nitrogen and oxygen atoms in total. The Balaban J connectivity index is 1.50. The van der Waals surface area contributed by atoms with E-state index in [4.69, 9.17) is 20.9 Å². The number of carbonyl (C=O) groups excluding carboxylic acids is 1. The summed E-state index contributed by atoms with van der Waals surface area (Å²) < 4.78 is 10.7. The highest BCUT2D eigenvalue weighted by Crippen LogP contribution is 2.29. The minimum Gasteiger partial charge on any atom is -0.497 e. The van der Waals surface area contributed by atoms with Crippen molar-refractivity contribution in [3.63, 3.8) is 0 Å². The highest BCUT2D eigenvalue weighted by Gasteiger charge is 2.29. The number of hydrogen-bond acceptors (Lipinski definition) is 5. The first-order valence-corrected chi connectivity index (χ1v) is 9.55. The fourth-order valence-electron chi connectivity index (χ4n) is 3.43. The highest BCUT2D eigenvalue weighted by molar-refractivity contribution is 6.33. The Kier molecular flexibility index (Phi) is 5.30. The molecule has 0 aliphatic carbocycles. The number of carbonyl (C=O) groups is 1. The lowest BCUT2D eigenvalue weighted by Crippen LogP contribution is -2.39. The van der Waals surface area contributed by atoms with Crippen LogP contribution in [0.4, 0.5) is 0 Å². The van der Waals surface area contributed by atoms with Gasteiger partial charge in [0.15, 0.2) is 0 Å². The quantitative estimate of drug-likeness (QED) is 0.651. The molecule has 0 radical (unpaired) electrons. The van der Waals surface area contributed by atoms with Crippen LogP contribution in [0.15, 0.2) is 53.1 Å². The Morgan fingerprint density at radius 3 is 2.75 bits per heavy atom. The normalized spacial score (nSPS) is 16.8. The summed E-state index contributed by atoms with van der Waals surface area (Å²) in [6.45, 7) is 1.23. The predicted octanol–water partition coefficient (Wildman–Crippen LogP) is 4.42. The van der Waals surface area contributed by atoms with Gasteiger partial charge in [-0.3, -0.25) is 4.79 Å². The van der Waals surface area contributed by atoms with Gasteiger partial charge in [-0.1, -0.05) is 28.9 Å². The largest absolute Gasteiger partial charge is 0.497 e. The van der Waals surface area contributed by atoms with Crippen molar-refractivity contribution in [2.45, 2.75) is 18.8 Å². The van der Waals surface area contributed by atoms with E-state index < -0.39 is 0 Å². The van der Waals surface area contributed by atoms with Gasteiger partial charge in [0.05, 0.1) is 23.6 Å². The van der Waals surface area contributed by atoms with E-state index in [1.165, 1.54) is 0 Å². The average Bonchev–Trinajstić information content (AvgIpc) is 3.24. The van der Waals surface area contributed by atoms with Gasteiger partial charge in [-0.2, -0.15) is 4.98 Å². The molecular formula is C21H20ClN3O3. The molecule has 1 aromatic heterocycles. The Morgan fingerprint density at radius 1 is 1.21 bits per heavy atom. The van der Waals surface area contributed by atoms with Crippen LogP contribution in [0.3, 0.4) is 0 Å². The zero-order valence-electron chi connectivity index (χ0n) is 15.5. The second-order valence-electron chi connectivity index (χ2n) is 6.75. The lowest BCUT2D eigenvalue weighted by molar-refractivity contribution is 0.0696. The number of ether oxygens (including phenoxy) is 1. The lowest BCUT2D eigenvalue weighted by atomic mass is 9.97. The number of benzene rings is 2. The topological polar surface area (TPSA) is 68.5 Å². The fourth-order valence-corrected chi connectivity index (χ4v) is 3.64. The van der Waals surface area contributed by atoms with Crippen molar-refractivity contribution in [3.05, 3.63) is 65.0 Å². The Morgan fingerprint density at radius 2 is 2.00 bits per heavy atom. The van der Waals surface area contributed by atoms with Gasteiger partial charge < -0.3 is 14.2 Å². The van der Waals surface area contributed by atoms with Crippen molar-refractivity contribution in [3.8, 4) is 17.1 Å². The molecule has 0 bridgehead atoms. The third-order valence-corrected chi connectivity index (χ3v) is 5.28. The van der Waals surface area contributed by atoms with Gasteiger partial charge >= 0.3 is 0 Å². The zero-order chi connectivity index (χ0) is 19.5. The summed E-state index contributed by atoms with van der Waals surface area (Å²) in [5.74, 6) is 1.81. The number of aromatic nitrogens is 2. The minimum atomic E-state index is -0.0646. The van der Waals surface area contributed by atoms with Crippen molar-refractivity contribution in [1.82, 2.24) is 15.0 Å². The van der Waals surface area contributed by atoms with E-state index in [1.807, 2.05) is 41.3 Å². The number of nitrogens with zero attached hydrogens (tertiary/aromatic N) is 3. The molecule has 4 rings (SSSR count). The second-order valence-corrected chi connectivity index (χ2v) is 7.16. The Labute approximate surface area is 168 Å². The lowest BCUT2D eigenvalue weighted by Gasteiger charge is -2.31. The molecule has 1 fully saturated rings. The van der Waals surface area contributed by atoms with Gasteiger partial charge in [0, 0.05) is 18.7 Å². The fraction of sp³-hybridized carbons (Fsp3) is 0.286. The van der Waals surface area contributed by atoms with E-state index in [1.54, 1.807) is 19.2 Å². The number of piperidine rings is 1. The highest BCUT2D eigenvalue weighted by atomic mass is 35.5. The van der Waals surface area contributed by atoms with Crippen molar-refractivity contribution in [1.29, 1.82) is 0 Å². The number of amides is 1. The van der Waals surface area contributed by atoms with E-state index in [-0.39, 0.29) is 11.8 Å². The molecule has 0 N–H and O–H groups in total. The molecule has 7 heteroatoms. The Hall–Kier alpha value is -2.86. The maximum atomic E-state index is 12.8. The molecule has 3 aromatic rings. The Bertz CT molecular complexity index is 971. The number of likely N-dealkylation sites (tertiary alicyclic amines) is 1. The summed E-state index contributed by atoms with van der Waals surface area (Å²) in [5, 5.41) is 4.57. The maximum absolute atomic E-state index is 12.8. The van der Waals surface area contributed by atoms with Crippen molar-refractivity contribution in [2.75, 3.05) is 20.2 Å². The molecule has 0 spiro atoms. The van der Waals surface area contributed by atoms with E-state index in [9.17, 15) is 4.79 Å². The van der Waals surface area contributed by atoms with Crippen LogP contribution in [-0.4, -0.2) is 41.1 Å². The molecule has 1 aliphatic heterocycles. The summed E-state index contributed by atoms with van der Waals surface area (Å²) in [5.41, 5.74) is 1.38. The molecule has 2 heterocycles. The van der Waals surface area contributed by atoms with E-state index in [0.717, 1.165) is 24.2 Å². The predicted molar refractivity (Wildman–Crippen MR) is 106 cm³/mol. The van der Waals surface area contributed by atoms with E-state index in [2.05, 4.69) is 10.1 Å². The first-order valence-electron chi connectivity index (χ1n) is 9.17. The second kappa shape index (κ2) is 8.02. The number of rotatable bonds is 4. The van der Waals surface area contributed by atoms with Gasteiger partial charge in [-0.15, -0.1) is 0 Å². The number of halogens is 1. The SMILES string of the molecule is COc1ccc(-c2noc(C3CCCN(C(=O)c4ccccc4Cl)C3)n2)cc1. The molecule has 144 valence electrons. The molecule has 1 aliphatic rings. The van der Waals surface area contributed by atoms with Crippen LogP contribution >= 0.6 is 11.6 Å². The van der Waals surface area contributed by atoms with Crippen LogP contribution < -0.4 is 4.74 Å².